The fourth-order valence-corrected chi connectivity index (χ4v) is 1.34. The van der Waals surface area contributed by atoms with E-state index in [0.29, 0.717) is 12.5 Å². The molecule has 0 radical (unpaired) electrons. The van der Waals surface area contributed by atoms with Gasteiger partial charge in [0.15, 0.2) is 6.61 Å². The normalized spacial score (nSPS) is 10.4. The van der Waals surface area contributed by atoms with Crippen molar-refractivity contribution in [3.8, 4) is 5.75 Å². The molecule has 0 fully saturated rings. The molecule has 0 atom stereocenters. The molecule has 1 aromatic carbocycles. The number of carbonyl (C=O) groups is 1. The Labute approximate surface area is 103 Å². The molecule has 94 valence electrons. The Balaban J connectivity index is 2.31. The van der Waals surface area contributed by atoms with Crippen molar-refractivity contribution in [2.24, 2.45) is 5.92 Å². The molecule has 3 nitrogen and oxygen atoms in total. The number of hydrogen-bond acceptors (Lipinski definition) is 2. The fourth-order valence-electron chi connectivity index (χ4n) is 1.34. The molecule has 1 amide bonds. The van der Waals surface area contributed by atoms with E-state index < -0.39 is 0 Å². The van der Waals surface area contributed by atoms with E-state index in [-0.39, 0.29) is 12.5 Å². The van der Waals surface area contributed by atoms with Crippen LogP contribution in [-0.2, 0) is 11.2 Å². The van der Waals surface area contributed by atoms with Crippen LogP contribution in [0.2, 0.25) is 0 Å². The van der Waals surface area contributed by atoms with Crippen LogP contribution in [0.3, 0.4) is 0 Å². The summed E-state index contributed by atoms with van der Waals surface area (Å²) in [4.78, 5) is 11.4. The number of rotatable bonds is 6. The van der Waals surface area contributed by atoms with Crippen molar-refractivity contribution in [1.29, 1.82) is 0 Å². The summed E-state index contributed by atoms with van der Waals surface area (Å²) in [5.74, 6) is 1.13. The predicted molar refractivity (Wildman–Crippen MR) is 69.2 cm³/mol. The highest BCUT2D eigenvalue weighted by atomic mass is 16.5. The first-order valence-electron chi connectivity index (χ1n) is 6.10. The maximum Gasteiger partial charge on any atom is 0.257 e. The van der Waals surface area contributed by atoms with Crippen molar-refractivity contribution in [3.63, 3.8) is 0 Å². The number of benzene rings is 1. The first-order chi connectivity index (χ1) is 8.11. The number of ether oxygens (including phenoxy) is 1. The van der Waals surface area contributed by atoms with Crippen LogP contribution in [0, 0.1) is 5.92 Å². The summed E-state index contributed by atoms with van der Waals surface area (Å²) in [5.41, 5.74) is 1.27. The highest BCUT2D eigenvalue weighted by molar-refractivity contribution is 5.77. The molecule has 0 aliphatic heterocycles. The first kappa shape index (κ1) is 13.6. The van der Waals surface area contributed by atoms with E-state index in [4.69, 9.17) is 4.74 Å². The first-order valence-corrected chi connectivity index (χ1v) is 6.10. The van der Waals surface area contributed by atoms with E-state index >= 15 is 0 Å². The lowest BCUT2D eigenvalue weighted by Gasteiger charge is -2.09. The molecule has 0 bridgehead atoms. The summed E-state index contributed by atoms with van der Waals surface area (Å²) >= 11 is 0. The van der Waals surface area contributed by atoms with Gasteiger partial charge in [0.25, 0.3) is 5.91 Å². The van der Waals surface area contributed by atoms with Crippen molar-refractivity contribution < 1.29 is 9.53 Å². The quantitative estimate of drug-likeness (QED) is 0.822. The van der Waals surface area contributed by atoms with Crippen LogP contribution in [-0.4, -0.2) is 19.1 Å². The van der Waals surface area contributed by atoms with Crippen molar-refractivity contribution in [2.75, 3.05) is 13.2 Å². The zero-order valence-electron chi connectivity index (χ0n) is 10.8. The third kappa shape index (κ3) is 5.38. The van der Waals surface area contributed by atoms with Gasteiger partial charge in [0.2, 0.25) is 0 Å². The van der Waals surface area contributed by atoms with E-state index in [1.807, 2.05) is 24.3 Å². The van der Waals surface area contributed by atoms with Crippen LogP contribution < -0.4 is 10.1 Å². The minimum absolute atomic E-state index is 0.0710. The highest BCUT2D eigenvalue weighted by Crippen LogP contribution is 2.12. The minimum Gasteiger partial charge on any atom is -0.484 e. The summed E-state index contributed by atoms with van der Waals surface area (Å²) in [7, 11) is 0. The number of aryl methyl sites for hydroxylation is 1. The summed E-state index contributed by atoms with van der Waals surface area (Å²) in [5, 5.41) is 2.81. The molecule has 0 saturated carbocycles. The molecule has 1 rings (SSSR count). The molecule has 0 aliphatic carbocycles. The lowest BCUT2D eigenvalue weighted by molar-refractivity contribution is -0.123. The average molecular weight is 235 g/mol. The molecule has 1 N–H and O–H groups in total. The number of nitrogens with one attached hydrogen (secondary N) is 1. The van der Waals surface area contributed by atoms with Gasteiger partial charge in [-0.2, -0.15) is 0 Å². The van der Waals surface area contributed by atoms with Gasteiger partial charge in [-0.3, -0.25) is 4.79 Å². The summed E-state index contributed by atoms with van der Waals surface area (Å²) in [6.07, 6.45) is 1.01. The van der Waals surface area contributed by atoms with Crippen LogP contribution in [0.4, 0.5) is 0 Å². The second-order valence-electron chi connectivity index (χ2n) is 4.48. The van der Waals surface area contributed by atoms with Crippen molar-refractivity contribution >= 4 is 5.91 Å². The molecular formula is C14H21NO2. The van der Waals surface area contributed by atoms with Gasteiger partial charge in [-0.1, -0.05) is 32.9 Å². The van der Waals surface area contributed by atoms with Crippen LogP contribution >= 0.6 is 0 Å². The predicted octanol–water partition coefficient (Wildman–Crippen LogP) is 2.40. The van der Waals surface area contributed by atoms with Gasteiger partial charge in [0.1, 0.15) is 5.75 Å². The van der Waals surface area contributed by atoms with Gasteiger partial charge in [0, 0.05) is 6.54 Å². The Hall–Kier alpha value is -1.51. The van der Waals surface area contributed by atoms with Crippen LogP contribution in [0.1, 0.15) is 26.3 Å². The number of carbonyl (C=O) groups excluding carboxylic acids is 1. The van der Waals surface area contributed by atoms with Crippen LogP contribution in [0.15, 0.2) is 24.3 Å². The average Bonchev–Trinajstić information content (AvgIpc) is 2.34. The molecule has 17 heavy (non-hydrogen) atoms. The second-order valence-corrected chi connectivity index (χ2v) is 4.48. The summed E-state index contributed by atoms with van der Waals surface area (Å²) in [6, 6.07) is 7.83. The Kier molecular flexibility index (Phi) is 5.53. The maximum absolute atomic E-state index is 11.4. The zero-order chi connectivity index (χ0) is 12.7. The van der Waals surface area contributed by atoms with E-state index in [1.54, 1.807) is 0 Å². The topological polar surface area (TPSA) is 38.3 Å². The van der Waals surface area contributed by atoms with E-state index in [2.05, 4.69) is 26.1 Å². The molecule has 0 unspecified atom stereocenters. The van der Waals surface area contributed by atoms with E-state index in [1.165, 1.54) is 5.56 Å². The van der Waals surface area contributed by atoms with Crippen molar-refractivity contribution in [1.82, 2.24) is 5.32 Å². The standard InChI is InChI=1S/C14H21NO2/c1-4-12-5-7-13(8-6-12)17-10-14(16)15-9-11(2)3/h5-8,11H,4,9-10H2,1-3H3,(H,15,16). The molecule has 3 heteroatoms. The second kappa shape index (κ2) is 6.94. The Morgan fingerprint density at radius 1 is 1.29 bits per heavy atom. The molecule has 0 spiro atoms. The van der Waals surface area contributed by atoms with Crippen molar-refractivity contribution in [3.05, 3.63) is 29.8 Å². The molecule has 0 aliphatic rings. The largest absolute Gasteiger partial charge is 0.484 e. The Morgan fingerprint density at radius 2 is 1.94 bits per heavy atom. The molecule has 0 aromatic heterocycles. The third-order valence-electron chi connectivity index (χ3n) is 2.41. The lowest BCUT2D eigenvalue weighted by Crippen LogP contribution is -2.31. The maximum atomic E-state index is 11.4. The smallest absolute Gasteiger partial charge is 0.257 e. The summed E-state index contributed by atoms with van der Waals surface area (Å²) < 4.78 is 5.39. The third-order valence-corrected chi connectivity index (χ3v) is 2.41. The lowest BCUT2D eigenvalue weighted by atomic mass is 10.2. The van der Waals surface area contributed by atoms with Crippen LogP contribution in [0.25, 0.3) is 0 Å². The van der Waals surface area contributed by atoms with Gasteiger partial charge in [-0.25, -0.2) is 0 Å². The van der Waals surface area contributed by atoms with Gasteiger partial charge < -0.3 is 10.1 Å². The van der Waals surface area contributed by atoms with Crippen molar-refractivity contribution in [2.45, 2.75) is 27.2 Å². The SMILES string of the molecule is CCc1ccc(OCC(=O)NCC(C)C)cc1. The van der Waals surface area contributed by atoms with Crippen LogP contribution in [0.5, 0.6) is 5.75 Å². The Morgan fingerprint density at radius 3 is 2.47 bits per heavy atom. The van der Waals surface area contributed by atoms with Gasteiger partial charge in [-0.05, 0) is 30.0 Å². The zero-order valence-corrected chi connectivity index (χ0v) is 10.8. The number of hydrogen-bond donors (Lipinski definition) is 1. The minimum atomic E-state index is -0.0710. The molecule has 0 heterocycles. The van der Waals surface area contributed by atoms with E-state index in [0.717, 1.165) is 12.2 Å². The molecule has 1 aromatic rings. The highest BCUT2D eigenvalue weighted by Gasteiger charge is 2.03. The van der Waals surface area contributed by atoms with Gasteiger partial charge in [0.05, 0.1) is 0 Å². The van der Waals surface area contributed by atoms with Gasteiger partial charge >= 0.3 is 0 Å². The fraction of sp³-hybridized carbons (Fsp3) is 0.500. The molecule has 0 saturated heterocycles. The number of amides is 1. The van der Waals surface area contributed by atoms with E-state index in [9.17, 15) is 4.79 Å². The Bertz CT molecular complexity index is 344. The molecular weight excluding hydrogens is 214 g/mol. The monoisotopic (exact) mass is 235 g/mol. The van der Waals surface area contributed by atoms with Gasteiger partial charge in [-0.15, -0.1) is 0 Å². The summed E-state index contributed by atoms with van der Waals surface area (Å²) in [6.45, 7) is 7.00.